The highest BCUT2D eigenvalue weighted by Gasteiger charge is 2.69. The van der Waals surface area contributed by atoms with Crippen molar-refractivity contribution in [3.63, 3.8) is 0 Å². The fourth-order valence-electron chi connectivity index (χ4n) is 3.40. The lowest BCUT2D eigenvalue weighted by Gasteiger charge is -2.39. The van der Waals surface area contributed by atoms with Crippen molar-refractivity contribution in [1.29, 1.82) is 0 Å². The molecule has 1 N–H and O–H groups in total. The summed E-state index contributed by atoms with van der Waals surface area (Å²) in [5.41, 5.74) is -1.32. The van der Waals surface area contributed by atoms with Crippen molar-refractivity contribution in [2.24, 2.45) is 5.92 Å². The maximum Gasteiger partial charge on any atom is 0.338 e. The van der Waals surface area contributed by atoms with Gasteiger partial charge in [-0.05, 0) is 34.1 Å². The fourth-order valence-corrected chi connectivity index (χ4v) is 3.40. The molecule has 0 aromatic heterocycles. The second-order valence-electron chi connectivity index (χ2n) is 6.49. The molecule has 0 aromatic carbocycles. The summed E-state index contributed by atoms with van der Waals surface area (Å²) in [6.45, 7) is 7.58. The number of fused-ring (bicyclic) bond motifs is 3. The Morgan fingerprint density at radius 3 is 2.47 bits per heavy atom. The first-order valence-electron chi connectivity index (χ1n) is 6.58. The van der Waals surface area contributed by atoms with E-state index in [0.717, 1.165) is 0 Å². The van der Waals surface area contributed by atoms with Gasteiger partial charge < -0.3 is 24.1 Å². The maximum atomic E-state index is 11.7. The summed E-state index contributed by atoms with van der Waals surface area (Å²) >= 11 is 0. The van der Waals surface area contributed by atoms with Gasteiger partial charge in [-0.15, -0.1) is 0 Å². The molecule has 0 bridgehead atoms. The van der Waals surface area contributed by atoms with Crippen LogP contribution in [0.2, 0.25) is 0 Å². The highest BCUT2D eigenvalue weighted by atomic mass is 16.8. The molecule has 0 amide bonds. The molecule has 2 heterocycles. The predicted octanol–water partition coefficient (Wildman–Crippen LogP) is 1.13. The monoisotopic (exact) mass is 272 g/mol. The largest absolute Gasteiger partial charge is 0.479 e. The lowest BCUT2D eigenvalue weighted by atomic mass is 9.99. The smallest absolute Gasteiger partial charge is 0.338 e. The van der Waals surface area contributed by atoms with Gasteiger partial charge in [0.15, 0.2) is 17.2 Å². The second kappa shape index (κ2) is 3.69. The lowest BCUT2D eigenvalue weighted by Crippen LogP contribution is -2.50. The average Bonchev–Trinajstić information content (AvgIpc) is 2.67. The molecule has 6 heteroatoms. The van der Waals surface area contributed by atoms with E-state index in [1.807, 2.05) is 13.8 Å². The Morgan fingerprint density at radius 2 is 1.84 bits per heavy atom. The molecule has 0 spiro atoms. The molecular weight excluding hydrogens is 252 g/mol. The van der Waals surface area contributed by atoms with Crippen LogP contribution in [0.3, 0.4) is 0 Å². The highest BCUT2D eigenvalue weighted by molar-refractivity contribution is 5.80. The van der Waals surface area contributed by atoms with Gasteiger partial charge in [-0.1, -0.05) is 0 Å². The van der Waals surface area contributed by atoms with Crippen LogP contribution >= 0.6 is 0 Å². The first-order chi connectivity index (χ1) is 8.65. The van der Waals surface area contributed by atoms with E-state index in [2.05, 4.69) is 0 Å². The van der Waals surface area contributed by atoms with Gasteiger partial charge in [-0.25, -0.2) is 4.79 Å². The third-order valence-electron chi connectivity index (χ3n) is 4.05. The van der Waals surface area contributed by atoms with Crippen molar-refractivity contribution < 1.29 is 28.8 Å². The fraction of sp³-hybridized carbons (Fsp3) is 0.923. The summed E-state index contributed by atoms with van der Waals surface area (Å²) in [5.74, 6) is -2.62. The Labute approximate surface area is 112 Å². The number of rotatable bonds is 1. The Bertz CT molecular complexity index is 417. The van der Waals surface area contributed by atoms with Crippen molar-refractivity contribution in [2.75, 3.05) is 6.61 Å². The van der Waals surface area contributed by atoms with E-state index in [4.69, 9.17) is 18.9 Å². The Morgan fingerprint density at radius 1 is 1.16 bits per heavy atom. The second-order valence-corrected chi connectivity index (χ2v) is 6.49. The van der Waals surface area contributed by atoms with Gasteiger partial charge in [0.05, 0.1) is 12.7 Å². The minimum absolute atomic E-state index is 0.00905. The third-order valence-corrected chi connectivity index (χ3v) is 4.05. The molecule has 6 nitrogen and oxygen atoms in total. The van der Waals surface area contributed by atoms with Crippen LogP contribution in [0.1, 0.15) is 34.1 Å². The minimum Gasteiger partial charge on any atom is -0.479 e. The highest BCUT2D eigenvalue weighted by Crippen LogP contribution is 2.52. The Balaban J connectivity index is 1.94. The molecule has 0 unspecified atom stereocenters. The molecule has 1 saturated carbocycles. The number of carboxylic acids is 1. The van der Waals surface area contributed by atoms with Gasteiger partial charge in [0.25, 0.3) is 0 Å². The molecule has 3 rings (SSSR count). The Kier molecular flexibility index (Phi) is 2.59. The maximum absolute atomic E-state index is 11.7. The quantitative estimate of drug-likeness (QED) is 0.771. The van der Waals surface area contributed by atoms with Gasteiger partial charge in [0, 0.05) is 5.92 Å². The topological polar surface area (TPSA) is 74.2 Å². The van der Waals surface area contributed by atoms with Gasteiger partial charge >= 0.3 is 5.97 Å². The Hall–Kier alpha value is -0.690. The molecule has 2 aliphatic heterocycles. The van der Waals surface area contributed by atoms with Crippen LogP contribution in [-0.4, -0.2) is 47.1 Å². The SMILES string of the molecule is CC1(C)OC[C@@H]2C[C@@]3(C(=O)O)OC(C)(C)O[C@H]3[C@@H]2O1. The van der Waals surface area contributed by atoms with Crippen LogP contribution in [0.4, 0.5) is 0 Å². The molecular formula is C13H20O6. The van der Waals surface area contributed by atoms with E-state index in [1.165, 1.54) is 0 Å². The molecule has 4 atom stereocenters. The van der Waals surface area contributed by atoms with Crippen LogP contribution in [-0.2, 0) is 23.7 Å². The minimum atomic E-state index is -1.32. The van der Waals surface area contributed by atoms with E-state index in [9.17, 15) is 9.90 Å². The molecule has 108 valence electrons. The van der Waals surface area contributed by atoms with E-state index < -0.39 is 29.2 Å². The summed E-state index contributed by atoms with van der Waals surface area (Å²) in [7, 11) is 0. The number of hydrogen-bond donors (Lipinski definition) is 1. The van der Waals surface area contributed by atoms with Gasteiger partial charge in [-0.2, -0.15) is 0 Å². The van der Waals surface area contributed by atoms with Crippen molar-refractivity contribution in [2.45, 2.75) is 63.5 Å². The predicted molar refractivity (Wildman–Crippen MR) is 63.4 cm³/mol. The standard InChI is InChI=1S/C13H20O6/c1-11(2)16-6-7-5-13(10(14)15)9(8(7)17-11)18-12(3,4)19-13/h7-9H,5-6H2,1-4H3,(H,14,15)/t7-,8+,9-,13+/m0/s1. The molecule has 1 aliphatic carbocycles. The van der Waals surface area contributed by atoms with Crippen LogP contribution < -0.4 is 0 Å². The molecule has 0 radical (unpaired) electrons. The van der Waals surface area contributed by atoms with Gasteiger partial charge in [0.2, 0.25) is 0 Å². The zero-order valence-electron chi connectivity index (χ0n) is 11.6. The first-order valence-corrected chi connectivity index (χ1v) is 6.58. The number of ether oxygens (including phenoxy) is 4. The van der Waals surface area contributed by atoms with E-state index in [-0.39, 0.29) is 12.0 Å². The van der Waals surface area contributed by atoms with Crippen LogP contribution in [0.25, 0.3) is 0 Å². The summed E-state index contributed by atoms with van der Waals surface area (Å²) < 4.78 is 23.0. The van der Waals surface area contributed by atoms with Crippen molar-refractivity contribution in [3.8, 4) is 0 Å². The molecule has 0 aromatic rings. The zero-order valence-corrected chi connectivity index (χ0v) is 11.6. The number of aliphatic carboxylic acids is 1. The summed E-state index contributed by atoms with van der Waals surface area (Å²) in [5, 5.41) is 9.58. The zero-order chi connectivity index (χ0) is 14.1. The summed E-state index contributed by atoms with van der Waals surface area (Å²) in [6, 6.07) is 0. The third kappa shape index (κ3) is 1.89. The van der Waals surface area contributed by atoms with Crippen molar-refractivity contribution in [1.82, 2.24) is 0 Å². The number of hydrogen-bond acceptors (Lipinski definition) is 5. The molecule has 3 aliphatic rings. The normalized spacial score (nSPS) is 46.6. The van der Waals surface area contributed by atoms with Crippen LogP contribution in [0.15, 0.2) is 0 Å². The number of carboxylic acid groups (broad SMARTS) is 1. The molecule has 3 fully saturated rings. The van der Waals surface area contributed by atoms with E-state index in [0.29, 0.717) is 13.0 Å². The van der Waals surface area contributed by atoms with Crippen molar-refractivity contribution >= 4 is 5.97 Å². The summed E-state index contributed by atoms with van der Waals surface area (Å²) in [6.07, 6.45) is -0.535. The first kappa shape index (κ1) is 13.3. The summed E-state index contributed by atoms with van der Waals surface area (Å²) in [4.78, 5) is 11.7. The molecule has 19 heavy (non-hydrogen) atoms. The number of carbonyl (C=O) groups is 1. The van der Waals surface area contributed by atoms with Crippen molar-refractivity contribution in [3.05, 3.63) is 0 Å². The molecule has 2 saturated heterocycles. The lowest BCUT2D eigenvalue weighted by molar-refractivity contribution is -0.306. The van der Waals surface area contributed by atoms with Crippen LogP contribution in [0, 0.1) is 5.92 Å². The van der Waals surface area contributed by atoms with Gasteiger partial charge in [-0.3, -0.25) is 0 Å². The average molecular weight is 272 g/mol. The van der Waals surface area contributed by atoms with Gasteiger partial charge in [0.1, 0.15) is 6.10 Å². The van der Waals surface area contributed by atoms with E-state index >= 15 is 0 Å². The van der Waals surface area contributed by atoms with E-state index in [1.54, 1.807) is 13.8 Å². The van der Waals surface area contributed by atoms with Crippen LogP contribution in [0.5, 0.6) is 0 Å².